The van der Waals surface area contributed by atoms with Crippen LogP contribution in [0.5, 0.6) is 0 Å². The number of carbonyl (C=O) groups is 1. The fraction of sp³-hybridized carbons (Fsp3) is 0.182. The molecule has 0 bridgehead atoms. The minimum absolute atomic E-state index is 0.171. The van der Waals surface area contributed by atoms with Gasteiger partial charge in [0.25, 0.3) is 0 Å². The standard InChI is InChI=1S/C11H12O4S/c1-3-10(11(12)13)8-4-6-9(7-5-8)16(2,14)15/h3-7,10H,1H2,2H3,(H,12,13). The van der Waals surface area contributed by atoms with Crippen LogP contribution in [0.3, 0.4) is 0 Å². The van der Waals surface area contributed by atoms with Gasteiger partial charge in [-0.2, -0.15) is 0 Å². The first kappa shape index (κ1) is 12.4. The van der Waals surface area contributed by atoms with Gasteiger partial charge in [-0.3, -0.25) is 4.79 Å². The van der Waals surface area contributed by atoms with Crippen molar-refractivity contribution >= 4 is 15.8 Å². The zero-order chi connectivity index (χ0) is 12.3. The molecule has 4 nitrogen and oxygen atoms in total. The Morgan fingerprint density at radius 3 is 2.19 bits per heavy atom. The van der Waals surface area contributed by atoms with Gasteiger partial charge in [0.1, 0.15) is 0 Å². The third-order valence-electron chi connectivity index (χ3n) is 2.17. The van der Waals surface area contributed by atoms with E-state index in [1.807, 2.05) is 0 Å². The van der Waals surface area contributed by atoms with Gasteiger partial charge >= 0.3 is 5.97 Å². The van der Waals surface area contributed by atoms with E-state index >= 15 is 0 Å². The van der Waals surface area contributed by atoms with Gasteiger partial charge in [-0.1, -0.05) is 18.2 Å². The molecule has 0 radical (unpaired) electrons. The van der Waals surface area contributed by atoms with Crippen molar-refractivity contribution in [2.24, 2.45) is 0 Å². The van der Waals surface area contributed by atoms with Crippen LogP contribution in [0.15, 0.2) is 41.8 Å². The van der Waals surface area contributed by atoms with Crippen molar-refractivity contribution in [1.82, 2.24) is 0 Å². The van der Waals surface area contributed by atoms with E-state index in [1.54, 1.807) is 0 Å². The van der Waals surface area contributed by atoms with E-state index < -0.39 is 21.7 Å². The number of aliphatic carboxylic acids is 1. The maximum absolute atomic E-state index is 11.2. The lowest BCUT2D eigenvalue weighted by Gasteiger charge is -2.07. The second kappa shape index (κ2) is 4.49. The van der Waals surface area contributed by atoms with Gasteiger partial charge < -0.3 is 5.11 Å². The summed E-state index contributed by atoms with van der Waals surface area (Å²) < 4.78 is 22.4. The lowest BCUT2D eigenvalue weighted by Crippen LogP contribution is -2.08. The molecule has 0 aliphatic carbocycles. The van der Waals surface area contributed by atoms with E-state index in [0.29, 0.717) is 5.56 Å². The van der Waals surface area contributed by atoms with Crippen molar-refractivity contribution in [1.29, 1.82) is 0 Å². The van der Waals surface area contributed by atoms with Gasteiger partial charge in [0.2, 0.25) is 0 Å². The van der Waals surface area contributed by atoms with E-state index in [0.717, 1.165) is 6.26 Å². The van der Waals surface area contributed by atoms with Gasteiger partial charge in [-0.05, 0) is 17.7 Å². The zero-order valence-electron chi connectivity index (χ0n) is 8.75. The predicted molar refractivity (Wildman–Crippen MR) is 60.1 cm³/mol. The monoisotopic (exact) mass is 240 g/mol. The summed E-state index contributed by atoms with van der Waals surface area (Å²) in [5, 5.41) is 8.87. The molecule has 0 aromatic heterocycles. The largest absolute Gasteiger partial charge is 0.481 e. The molecular formula is C11H12O4S. The Labute approximate surface area is 94.1 Å². The van der Waals surface area contributed by atoms with Crippen molar-refractivity contribution in [2.75, 3.05) is 6.26 Å². The molecule has 86 valence electrons. The Balaban J connectivity index is 3.12. The molecule has 0 amide bonds. The summed E-state index contributed by atoms with van der Waals surface area (Å²) in [6.45, 7) is 3.43. The van der Waals surface area contributed by atoms with E-state index in [-0.39, 0.29) is 4.90 Å². The molecule has 1 aromatic rings. The van der Waals surface area contributed by atoms with Crippen LogP contribution in [0.4, 0.5) is 0 Å². The highest BCUT2D eigenvalue weighted by Gasteiger charge is 2.16. The SMILES string of the molecule is C=CC(C(=O)O)c1ccc(S(C)(=O)=O)cc1. The third kappa shape index (κ3) is 2.70. The molecule has 0 fully saturated rings. The Bertz CT molecular complexity index is 499. The van der Waals surface area contributed by atoms with Crippen molar-refractivity contribution < 1.29 is 18.3 Å². The molecule has 1 rings (SSSR count). The maximum Gasteiger partial charge on any atom is 0.314 e. The molecule has 0 spiro atoms. The van der Waals surface area contributed by atoms with E-state index in [9.17, 15) is 13.2 Å². The van der Waals surface area contributed by atoms with Crippen LogP contribution in [0.1, 0.15) is 11.5 Å². The smallest absolute Gasteiger partial charge is 0.314 e. The van der Waals surface area contributed by atoms with Crippen LogP contribution in [0, 0.1) is 0 Å². The molecule has 16 heavy (non-hydrogen) atoms. The summed E-state index contributed by atoms with van der Waals surface area (Å²) in [6.07, 6.45) is 2.40. The van der Waals surface area contributed by atoms with Crippen molar-refractivity contribution in [3.05, 3.63) is 42.5 Å². The summed E-state index contributed by atoms with van der Waals surface area (Å²) in [5.41, 5.74) is 0.509. The molecule has 0 aliphatic rings. The fourth-order valence-electron chi connectivity index (χ4n) is 1.30. The zero-order valence-corrected chi connectivity index (χ0v) is 9.57. The van der Waals surface area contributed by atoms with Crippen molar-refractivity contribution in [3.63, 3.8) is 0 Å². The topological polar surface area (TPSA) is 71.4 Å². The van der Waals surface area contributed by atoms with E-state index in [2.05, 4.69) is 6.58 Å². The average Bonchev–Trinajstić information content (AvgIpc) is 2.17. The number of sulfone groups is 1. The molecular weight excluding hydrogens is 228 g/mol. The number of benzene rings is 1. The van der Waals surface area contributed by atoms with Gasteiger partial charge in [-0.15, -0.1) is 6.58 Å². The lowest BCUT2D eigenvalue weighted by atomic mass is 10.00. The first-order chi connectivity index (χ1) is 7.36. The third-order valence-corrected chi connectivity index (χ3v) is 3.30. The molecule has 0 saturated carbocycles. The van der Waals surface area contributed by atoms with E-state index in [1.165, 1.54) is 30.3 Å². The van der Waals surface area contributed by atoms with Gasteiger partial charge in [0.15, 0.2) is 9.84 Å². The molecule has 0 saturated heterocycles. The van der Waals surface area contributed by atoms with E-state index in [4.69, 9.17) is 5.11 Å². The Morgan fingerprint density at radius 1 is 1.38 bits per heavy atom. The number of rotatable bonds is 4. The Hall–Kier alpha value is -1.62. The summed E-state index contributed by atoms with van der Waals surface area (Å²) in [6, 6.07) is 5.75. The highest BCUT2D eigenvalue weighted by atomic mass is 32.2. The highest BCUT2D eigenvalue weighted by molar-refractivity contribution is 7.90. The Kier molecular flexibility index (Phi) is 3.49. The second-order valence-corrected chi connectivity index (χ2v) is 5.41. The average molecular weight is 240 g/mol. The molecule has 5 heteroatoms. The molecule has 1 N–H and O–H groups in total. The number of hydrogen-bond acceptors (Lipinski definition) is 3. The molecule has 0 heterocycles. The van der Waals surface area contributed by atoms with Crippen molar-refractivity contribution in [3.8, 4) is 0 Å². The number of hydrogen-bond donors (Lipinski definition) is 1. The minimum Gasteiger partial charge on any atom is -0.481 e. The van der Waals surface area contributed by atoms with Crippen LogP contribution >= 0.6 is 0 Å². The predicted octanol–water partition coefficient (Wildman–Crippen LogP) is 1.44. The van der Waals surface area contributed by atoms with Crippen LogP contribution in [0.2, 0.25) is 0 Å². The first-order valence-electron chi connectivity index (χ1n) is 4.51. The molecule has 1 atom stereocenters. The summed E-state index contributed by atoms with van der Waals surface area (Å²) in [7, 11) is -3.25. The molecule has 1 aromatic carbocycles. The normalized spacial score (nSPS) is 13.1. The second-order valence-electron chi connectivity index (χ2n) is 3.39. The first-order valence-corrected chi connectivity index (χ1v) is 6.41. The van der Waals surface area contributed by atoms with Crippen LogP contribution < -0.4 is 0 Å². The summed E-state index contributed by atoms with van der Waals surface area (Å²) >= 11 is 0. The molecule has 0 aliphatic heterocycles. The molecule has 1 unspecified atom stereocenters. The van der Waals surface area contributed by atoms with Crippen LogP contribution in [-0.4, -0.2) is 25.7 Å². The quantitative estimate of drug-likeness (QED) is 0.808. The van der Waals surface area contributed by atoms with Gasteiger partial charge in [-0.25, -0.2) is 8.42 Å². The van der Waals surface area contributed by atoms with Gasteiger partial charge in [0.05, 0.1) is 10.8 Å². The minimum atomic E-state index is -3.25. The summed E-state index contributed by atoms with van der Waals surface area (Å²) in [4.78, 5) is 11.0. The van der Waals surface area contributed by atoms with Gasteiger partial charge in [0, 0.05) is 6.26 Å². The Morgan fingerprint density at radius 2 is 1.88 bits per heavy atom. The van der Waals surface area contributed by atoms with Crippen LogP contribution in [0.25, 0.3) is 0 Å². The number of carboxylic acids is 1. The fourth-order valence-corrected chi connectivity index (χ4v) is 1.93. The highest BCUT2D eigenvalue weighted by Crippen LogP contribution is 2.19. The summed E-state index contributed by atoms with van der Waals surface area (Å²) in [5.74, 6) is -1.82. The number of carboxylic acid groups (broad SMARTS) is 1. The van der Waals surface area contributed by atoms with Crippen LogP contribution in [-0.2, 0) is 14.6 Å². The van der Waals surface area contributed by atoms with Crippen molar-refractivity contribution in [2.45, 2.75) is 10.8 Å². The maximum atomic E-state index is 11.2. The lowest BCUT2D eigenvalue weighted by molar-refractivity contribution is -0.137.